The lowest BCUT2D eigenvalue weighted by Crippen LogP contribution is -2.04. The van der Waals surface area contributed by atoms with E-state index in [4.69, 9.17) is 22.1 Å². The molecule has 0 aliphatic rings. The summed E-state index contributed by atoms with van der Waals surface area (Å²) in [7, 11) is -3.28. The molecule has 0 aliphatic heterocycles. The van der Waals surface area contributed by atoms with Crippen LogP contribution in [0.3, 0.4) is 0 Å². The number of nitrogens with two attached hydrogens (primary N) is 1. The SMILES string of the molecule is CC(N)c1ccc(Oc2cccc(S(C)(=O)=O)c2)c(Cl)c1. The lowest BCUT2D eigenvalue weighted by atomic mass is 10.1. The molecule has 0 saturated carbocycles. The van der Waals surface area contributed by atoms with Crippen molar-refractivity contribution in [1.29, 1.82) is 0 Å². The first-order chi connectivity index (χ1) is 9.77. The van der Waals surface area contributed by atoms with Crippen molar-refractivity contribution < 1.29 is 13.2 Å². The standard InChI is InChI=1S/C15H16ClNO3S/c1-10(17)11-6-7-15(14(16)8-11)20-12-4-3-5-13(9-12)21(2,18)19/h3-10H,17H2,1-2H3. The highest BCUT2D eigenvalue weighted by Gasteiger charge is 2.10. The van der Waals surface area contributed by atoms with E-state index in [9.17, 15) is 8.42 Å². The van der Waals surface area contributed by atoms with Gasteiger partial charge < -0.3 is 10.5 Å². The summed E-state index contributed by atoms with van der Waals surface area (Å²) in [6, 6.07) is 11.4. The summed E-state index contributed by atoms with van der Waals surface area (Å²) in [6.07, 6.45) is 1.15. The Bertz CT molecular complexity index is 757. The van der Waals surface area contributed by atoms with Crippen LogP contribution in [0.2, 0.25) is 5.02 Å². The number of halogens is 1. The molecule has 1 unspecified atom stereocenters. The van der Waals surface area contributed by atoms with Gasteiger partial charge in [0, 0.05) is 12.3 Å². The van der Waals surface area contributed by atoms with Crippen LogP contribution < -0.4 is 10.5 Å². The van der Waals surface area contributed by atoms with Gasteiger partial charge >= 0.3 is 0 Å². The lowest BCUT2D eigenvalue weighted by Gasteiger charge is -2.11. The number of ether oxygens (including phenoxy) is 1. The fourth-order valence-electron chi connectivity index (χ4n) is 1.78. The van der Waals surface area contributed by atoms with Crippen LogP contribution in [0.25, 0.3) is 0 Å². The van der Waals surface area contributed by atoms with Gasteiger partial charge in [0.1, 0.15) is 11.5 Å². The minimum atomic E-state index is -3.28. The molecule has 2 aromatic rings. The van der Waals surface area contributed by atoms with Gasteiger partial charge in [0.2, 0.25) is 0 Å². The number of sulfone groups is 1. The molecule has 1 atom stereocenters. The summed E-state index contributed by atoms with van der Waals surface area (Å²) >= 11 is 6.15. The van der Waals surface area contributed by atoms with Crippen LogP contribution in [0.4, 0.5) is 0 Å². The second-order valence-corrected chi connectivity index (χ2v) is 7.25. The van der Waals surface area contributed by atoms with E-state index in [0.717, 1.165) is 11.8 Å². The van der Waals surface area contributed by atoms with Crippen molar-refractivity contribution in [2.24, 2.45) is 5.73 Å². The summed E-state index contributed by atoms with van der Waals surface area (Å²) in [5.74, 6) is 0.861. The predicted molar refractivity (Wildman–Crippen MR) is 83.7 cm³/mol. The fourth-order valence-corrected chi connectivity index (χ4v) is 2.66. The first-order valence-corrected chi connectivity index (χ1v) is 8.57. The minimum absolute atomic E-state index is 0.120. The van der Waals surface area contributed by atoms with E-state index in [2.05, 4.69) is 0 Å². The van der Waals surface area contributed by atoms with Crippen molar-refractivity contribution >= 4 is 21.4 Å². The summed E-state index contributed by atoms with van der Waals surface area (Å²) in [4.78, 5) is 0.198. The number of hydrogen-bond acceptors (Lipinski definition) is 4. The van der Waals surface area contributed by atoms with Crippen LogP contribution in [-0.2, 0) is 9.84 Å². The van der Waals surface area contributed by atoms with Gasteiger partial charge in [-0.25, -0.2) is 8.42 Å². The molecular formula is C15H16ClNO3S. The number of rotatable bonds is 4. The summed E-state index contributed by atoms with van der Waals surface area (Å²) in [5, 5.41) is 0.426. The van der Waals surface area contributed by atoms with Crippen molar-refractivity contribution in [2.75, 3.05) is 6.26 Å². The van der Waals surface area contributed by atoms with Crippen LogP contribution in [0.5, 0.6) is 11.5 Å². The Morgan fingerprint density at radius 3 is 2.48 bits per heavy atom. The Kier molecular flexibility index (Phi) is 4.56. The van der Waals surface area contributed by atoms with Gasteiger partial charge in [-0.3, -0.25) is 0 Å². The highest BCUT2D eigenvalue weighted by Crippen LogP contribution is 2.32. The Morgan fingerprint density at radius 2 is 1.90 bits per heavy atom. The normalized spacial score (nSPS) is 13.0. The molecule has 112 valence electrons. The zero-order valence-electron chi connectivity index (χ0n) is 11.7. The van der Waals surface area contributed by atoms with Gasteiger partial charge in [0.25, 0.3) is 0 Å². The van der Waals surface area contributed by atoms with E-state index >= 15 is 0 Å². The molecule has 0 radical (unpaired) electrons. The van der Waals surface area contributed by atoms with Crippen LogP contribution in [-0.4, -0.2) is 14.7 Å². The van der Waals surface area contributed by atoms with E-state index in [1.165, 1.54) is 12.1 Å². The molecular weight excluding hydrogens is 310 g/mol. The topological polar surface area (TPSA) is 69.4 Å². The van der Waals surface area contributed by atoms with Gasteiger partial charge in [-0.05, 0) is 42.8 Å². The molecule has 2 aromatic carbocycles. The van der Waals surface area contributed by atoms with Crippen molar-refractivity contribution in [3.8, 4) is 11.5 Å². The third kappa shape index (κ3) is 3.97. The van der Waals surface area contributed by atoms with Crippen LogP contribution in [0.1, 0.15) is 18.5 Å². The first-order valence-electron chi connectivity index (χ1n) is 6.30. The molecule has 2 N–H and O–H groups in total. The lowest BCUT2D eigenvalue weighted by molar-refractivity contribution is 0.480. The van der Waals surface area contributed by atoms with Crippen molar-refractivity contribution in [1.82, 2.24) is 0 Å². The summed E-state index contributed by atoms with van der Waals surface area (Å²) < 4.78 is 28.7. The Morgan fingerprint density at radius 1 is 1.19 bits per heavy atom. The van der Waals surface area contributed by atoms with Gasteiger partial charge in [-0.1, -0.05) is 23.7 Å². The zero-order valence-corrected chi connectivity index (χ0v) is 13.3. The molecule has 2 rings (SSSR count). The van der Waals surface area contributed by atoms with Crippen molar-refractivity contribution in [2.45, 2.75) is 17.9 Å². The molecule has 0 aliphatic carbocycles. The predicted octanol–water partition coefficient (Wildman–Crippen LogP) is 3.56. The van der Waals surface area contributed by atoms with E-state index in [0.29, 0.717) is 16.5 Å². The minimum Gasteiger partial charge on any atom is -0.456 e. The average molecular weight is 326 g/mol. The number of benzene rings is 2. The fraction of sp³-hybridized carbons (Fsp3) is 0.200. The van der Waals surface area contributed by atoms with Crippen LogP contribution in [0, 0.1) is 0 Å². The highest BCUT2D eigenvalue weighted by molar-refractivity contribution is 7.90. The van der Waals surface area contributed by atoms with E-state index in [1.807, 2.05) is 13.0 Å². The molecule has 0 fully saturated rings. The Hall–Kier alpha value is -1.56. The molecule has 6 heteroatoms. The maximum absolute atomic E-state index is 11.5. The molecule has 0 bridgehead atoms. The number of hydrogen-bond donors (Lipinski definition) is 1. The maximum Gasteiger partial charge on any atom is 0.175 e. The monoisotopic (exact) mass is 325 g/mol. The third-order valence-corrected chi connectivity index (χ3v) is 4.35. The molecule has 4 nitrogen and oxygen atoms in total. The van der Waals surface area contributed by atoms with Crippen molar-refractivity contribution in [3.63, 3.8) is 0 Å². The molecule has 0 heterocycles. The average Bonchev–Trinajstić information content (AvgIpc) is 2.40. The molecule has 0 amide bonds. The van der Waals surface area contributed by atoms with Gasteiger partial charge in [0.05, 0.1) is 9.92 Å². The van der Waals surface area contributed by atoms with E-state index in [-0.39, 0.29) is 10.9 Å². The van der Waals surface area contributed by atoms with Gasteiger partial charge in [0.15, 0.2) is 9.84 Å². The largest absolute Gasteiger partial charge is 0.456 e. The Labute approximate surface area is 129 Å². The Balaban J connectivity index is 2.31. The van der Waals surface area contributed by atoms with Crippen LogP contribution in [0.15, 0.2) is 47.4 Å². The first kappa shape index (κ1) is 15.8. The van der Waals surface area contributed by atoms with Gasteiger partial charge in [-0.15, -0.1) is 0 Å². The zero-order chi connectivity index (χ0) is 15.6. The smallest absolute Gasteiger partial charge is 0.175 e. The maximum atomic E-state index is 11.5. The summed E-state index contributed by atoms with van der Waals surface area (Å²) in [5.41, 5.74) is 6.69. The second kappa shape index (κ2) is 6.05. The molecule has 0 aromatic heterocycles. The van der Waals surface area contributed by atoms with E-state index < -0.39 is 9.84 Å². The molecule has 0 spiro atoms. The van der Waals surface area contributed by atoms with E-state index in [1.54, 1.807) is 24.3 Å². The molecule has 21 heavy (non-hydrogen) atoms. The molecule has 0 saturated heterocycles. The summed E-state index contributed by atoms with van der Waals surface area (Å²) in [6.45, 7) is 1.86. The highest BCUT2D eigenvalue weighted by atomic mass is 35.5. The van der Waals surface area contributed by atoms with Crippen molar-refractivity contribution in [3.05, 3.63) is 53.1 Å². The quantitative estimate of drug-likeness (QED) is 0.933. The van der Waals surface area contributed by atoms with Crippen LogP contribution >= 0.6 is 11.6 Å². The van der Waals surface area contributed by atoms with Gasteiger partial charge in [-0.2, -0.15) is 0 Å². The third-order valence-electron chi connectivity index (χ3n) is 2.94. The second-order valence-electron chi connectivity index (χ2n) is 4.83.